The third-order valence-electron chi connectivity index (χ3n) is 4.49. The molecule has 1 amide bonds. The molecule has 0 aliphatic carbocycles. The van der Waals surface area contributed by atoms with Gasteiger partial charge in [0.2, 0.25) is 5.91 Å². The van der Waals surface area contributed by atoms with Gasteiger partial charge in [-0.3, -0.25) is 9.69 Å². The molecule has 0 aromatic carbocycles. The Labute approximate surface area is 126 Å². The minimum atomic E-state index is 0.0989. The first-order valence-electron chi connectivity index (χ1n) is 7.96. The lowest BCUT2D eigenvalue weighted by molar-refractivity contribution is -0.139. The number of piperidine rings is 1. The molecule has 118 valence electrons. The lowest BCUT2D eigenvalue weighted by Crippen LogP contribution is -2.52. The smallest absolute Gasteiger partial charge is 0.227 e. The number of piperazine rings is 1. The predicted octanol–water partition coefficient (Wildman–Crippen LogP) is -0.251. The fourth-order valence-corrected chi connectivity index (χ4v) is 3.26. The second-order valence-corrected chi connectivity index (χ2v) is 5.94. The molecule has 0 radical (unpaired) electrons. The van der Waals surface area contributed by atoms with Crippen LogP contribution in [0.5, 0.6) is 0 Å². The van der Waals surface area contributed by atoms with E-state index in [4.69, 9.17) is 10.4 Å². The predicted molar refractivity (Wildman–Crippen MR) is 79.5 cm³/mol. The number of hydrogen-bond donors (Lipinski definition) is 1. The number of carbonyl (C=O) groups excluding carboxylic acids is 1. The molecule has 0 bridgehead atoms. The van der Waals surface area contributed by atoms with Gasteiger partial charge in [0.15, 0.2) is 0 Å². The van der Waals surface area contributed by atoms with Crippen molar-refractivity contribution in [2.24, 2.45) is 5.92 Å². The number of nitriles is 1. The van der Waals surface area contributed by atoms with Crippen LogP contribution >= 0.6 is 0 Å². The topological polar surface area (TPSA) is 70.8 Å². The summed E-state index contributed by atoms with van der Waals surface area (Å²) in [7, 11) is 0. The van der Waals surface area contributed by atoms with E-state index in [9.17, 15) is 4.79 Å². The molecule has 2 saturated heterocycles. The number of rotatable bonds is 5. The van der Waals surface area contributed by atoms with Crippen LogP contribution in [-0.4, -0.2) is 84.7 Å². The maximum absolute atomic E-state index is 12.6. The van der Waals surface area contributed by atoms with Gasteiger partial charge in [-0.25, -0.2) is 0 Å². The van der Waals surface area contributed by atoms with Crippen LogP contribution in [0.15, 0.2) is 0 Å². The molecule has 1 unspecified atom stereocenters. The Morgan fingerprint density at radius 1 is 1.14 bits per heavy atom. The number of aliphatic hydroxyl groups excluding tert-OH is 1. The van der Waals surface area contributed by atoms with Gasteiger partial charge < -0.3 is 14.9 Å². The number of β-amino-alcohol motifs (C(OH)–C–C–N with tert-alkyl or cyclic N) is 1. The highest BCUT2D eigenvalue weighted by molar-refractivity contribution is 5.79. The average Bonchev–Trinajstić information content (AvgIpc) is 2.53. The molecule has 1 N–H and O–H groups in total. The summed E-state index contributed by atoms with van der Waals surface area (Å²) in [6, 6.07) is 2.18. The summed E-state index contributed by atoms with van der Waals surface area (Å²) in [6.07, 6.45) is 2.56. The van der Waals surface area contributed by atoms with Gasteiger partial charge in [-0.1, -0.05) is 0 Å². The highest BCUT2D eigenvalue weighted by Gasteiger charge is 2.30. The molecule has 0 saturated carbocycles. The van der Waals surface area contributed by atoms with Crippen molar-refractivity contribution in [2.75, 3.05) is 59.0 Å². The van der Waals surface area contributed by atoms with Gasteiger partial charge in [0.05, 0.1) is 18.6 Å². The molecular weight excluding hydrogens is 268 g/mol. The number of likely N-dealkylation sites (tertiary alicyclic amines) is 1. The van der Waals surface area contributed by atoms with Gasteiger partial charge in [0.25, 0.3) is 0 Å². The lowest BCUT2D eigenvalue weighted by atomic mass is 9.96. The second kappa shape index (κ2) is 8.32. The molecule has 6 nitrogen and oxygen atoms in total. The summed E-state index contributed by atoms with van der Waals surface area (Å²) in [5, 5.41) is 17.6. The van der Waals surface area contributed by atoms with Crippen molar-refractivity contribution in [2.45, 2.75) is 19.3 Å². The number of amides is 1. The summed E-state index contributed by atoms with van der Waals surface area (Å²) in [5.74, 6) is 0.377. The van der Waals surface area contributed by atoms with E-state index >= 15 is 0 Å². The van der Waals surface area contributed by atoms with Crippen molar-refractivity contribution in [3.8, 4) is 6.07 Å². The Balaban J connectivity index is 1.79. The Kier molecular flexibility index (Phi) is 6.43. The monoisotopic (exact) mass is 294 g/mol. The van der Waals surface area contributed by atoms with Crippen molar-refractivity contribution in [1.82, 2.24) is 14.7 Å². The van der Waals surface area contributed by atoms with Crippen LogP contribution in [0.4, 0.5) is 0 Å². The third-order valence-corrected chi connectivity index (χ3v) is 4.49. The summed E-state index contributed by atoms with van der Waals surface area (Å²) in [6.45, 7) is 6.74. The van der Waals surface area contributed by atoms with Crippen LogP contribution in [-0.2, 0) is 4.79 Å². The van der Waals surface area contributed by atoms with Crippen LogP contribution in [0.2, 0.25) is 0 Å². The standard InChI is InChI=1S/C15H26N4O2/c16-4-2-6-18-5-1-3-14(13-18)15(21)19-9-7-17(8-10-19)11-12-20/h14,20H,1-3,5-13H2. The molecule has 21 heavy (non-hydrogen) atoms. The normalized spacial score (nSPS) is 24.8. The summed E-state index contributed by atoms with van der Waals surface area (Å²) < 4.78 is 0. The Hall–Kier alpha value is -1.16. The Morgan fingerprint density at radius 3 is 2.57 bits per heavy atom. The molecule has 0 aromatic heterocycles. The second-order valence-electron chi connectivity index (χ2n) is 5.94. The van der Waals surface area contributed by atoms with Crippen molar-refractivity contribution >= 4 is 5.91 Å². The molecule has 0 aromatic rings. The van der Waals surface area contributed by atoms with Crippen LogP contribution in [0.1, 0.15) is 19.3 Å². The number of aliphatic hydroxyl groups is 1. The van der Waals surface area contributed by atoms with Gasteiger partial charge in [0.1, 0.15) is 0 Å². The molecule has 2 heterocycles. The van der Waals surface area contributed by atoms with E-state index in [1.165, 1.54) is 0 Å². The summed E-state index contributed by atoms with van der Waals surface area (Å²) in [5.41, 5.74) is 0. The van der Waals surface area contributed by atoms with Crippen LogP contribution in [0.3, 0.4) is 0 Å². The lowest BCUT2D eigenvalue weighted by Gasteiger charge is -2.38. The zero-order chi connectivity index (χ0) is 15.1. The minimum absolute atomic E-state index is 0.0989. The highest BCUT2D eigenvalue weighted by atomic mass is 16.3. The van der Waals surface area contributed by atoms with Crippen LogP contribution in [0.25, 0.3) is 0 Å². The molecular formula is C15H26N4O2. The van der Waals surface area contributed by atoms with Crippen molar-refractivity contribution in [3.63, 3.8) is 0 Å². The molecule has 2 rings (SSSR count). The quantitative estimate of drug-likeness (QED) is 0.757. The van der Waals surface area contributed by atoms with Crippen LogP contribution < -0.4 is 0 Å². The number of hydrogen-bond acceptors (Lipinski definition) is 5. The van der Waals surface area contributed by atoms with E-state index in [0.29, 0.717) is 13.0 Å². The first-order chi connectivity index (χ1) is 10.2. The molecule has 6 heteroatoms. The van der Waals surface area contributed by atoms with E-state index < -0.39 is 0 Å². The summed E-state index contributed by atoms with van der Waals surface area (Å²) in [4.78, 5) is 19.0. The Morgan fingerprint density at radius 2 is 1.90 bits per heavy atom. The fraction of sp³-hybridized carbons (Fsp3) is 0.867. The van der Waals surface area contributed by atoms with Crippen LogP contribution in [0, 0.1) is 17.2 Å². The number of carbonyl (C=O) groups is 1. The molecule has 0 spiro atoms. The molecule has 2 aliphatic heterocycles. The maximum atomic E-state index is 12.6. The Bertz CT molecular complexity index is 374. The third kappa shape index (κ3) is 4.67. The van der Waals surface area contributed by atoms with Crippen molar-refractivity contribution < 1.29 is 9.90 Å². The zero-order valence-corrected chi connectivity index (χ0v) is 12.7. The van der Waals surface area contributed by atoms with E-state index in [0.717, 1.165) is 58.7 Å². The highest BCUT2D eigenvalue weighted by Crippen LogP contribution is 2.19. The fourth-order valence-electron chi connectivity index (χ4n) is 3.26. The average molecular weight is 294 g/mol. The van der Waals surface area contributed by atoms with Gasteiger partial charge in [-0.2, -0.15) is 5.26 Å². The number of nitrogens with zero attached hydrogens (tertiary/aromatic N) is 4. The largest absolute Gasteiger partial charge is 0.395 e. The van der Waals surface area contributed by atoms with Gasteiger partial charge in [-0.05, 0) is 19.4 Å². The van der Waals surface area contributed by atoms with E-state index in [-0.39, 0.29) is 18.4 Å². The van der Waals surface area contributed by atoms with Gasteiger partial charge in [0, 0.05) is 52.2 Å². The van der Waals surface area contributed by atoms with Gasteiger partial charge >= 0.3 is 0 Å². The van der Waals surface area contributed by atoms with E-state index in [1.807, 2.05) is 4.90 Å². The molecule has 2 fully saturated rings. The minimum Gasteiger partial charge on any atom is -0.395 e. The maximum Gasteiger partial charge on any atom is 0.227 e. The van der Waals surface area contributed by atoms with Crippen molar-refractivity contribution in [3.05, 3.63) is 0 Å². The summed E-state index contributed by atoms with van der Waals surface area (Å²) >= 11 is 0. The zero-order valence-electron chi connectivity index (χ0n) is 12.7. The molecule has 2 aliphatic rings. The van der Waals surface area contributed by atoms with E-state index in [1.54, 1.807) is 0 Å². The van der Waals surface area contributed by atoms with Crippen molar-refractivity contribution in [1.29, 1.82) is 5.26 Å². The molecule has 1 atom stereocenters. The first-order valence-corrected chi connectivity index (χ1v) is 7.96. The first kappa shape index (κ1) is 16.2. The van der Waals surface area contributed by atoms with Gasteiger partial charge in [-0.15, -0.1) is 0 Å². The SMILES string of the molecule is N#CCCN1CCCC(C(=O)N2CCN(CCO)CC2)C1. The van der Waals surface area contributed by atoms with E-state index in [2.05, 4.69) is 15.9 Å².